The number of rotatable bonds is 2. The quantitative estimate of drug-likeness (QED) is 0.442. The molecule has 0 aromatic carbocycles. The number of carbonyl (C=O) groups excluding carboxylic acids is 1. The number of halogens is 1. The van der Waals surface area contributed by atoms with Crippen LogP contribution in [0, 0.1) is 5.92 Å². The van der Waals surface area contributed by atoms with Crippen molar-refractivity contribution in [3.05, 3.63) is 0 Å². The van der Waals surface area contributed by atoms with E-state index >= 15 is 0 Å². The van der Waals surface area contributed by atoms with Gasteiger partial charge in [0.1, 0.15) is 10.0 Å². The Kier molecular flexibility index (Phi) is 4.63. The molecular weight excluding hydrogens is 293 g/mol. The molecular formula is C10H18INO2. The second kappa shape index (κ2) is 5.30. The van der Waals surface area contributed by atoms with Crippen LogP contribution in [0.5, 0.6) is 0 Å². The summed E-state index contributed by atoms with van der Waals surface area (Å²) in [4.78, 5) is 13.7. The van der Waals surface area contributed by atoms with Crippen LogP contribution in [0.25, 0.3) is 0 Å². The molecule has 0 aromatic heterocycles. The minimum absolute atomic E-state index is 0.0422. The lowest BCUT2D eigenvalue weighted by molar-refractivity contribution is -0.152. The van der Waals surface area contributed by atoms with Crippen molar-refractivity contribution < 1.29 is 9.53 Å². The van der Waals surface area contributed by atoms with Crippen LogP contribution in [-0.2, 0) is 9.53 Å². The van der Waals surface area contributed by atoms with Crippen LogP contribution in [0.3, 0.4) is 0 Å². The summed E-state index contributed by atoms with van der Waals surface area (Å²) in [6.45, 7) is 6.06. The normalized spacial score (nSPS) is 31.1. The molecule has 0 N–H and O–H groups in total. The molecule has 1 aliphatic heterocycles. The van der Waals surface area contributed by atoms with E-state index in [1.807, 2.05) is 6.92 Å². The molecule has 0 saturated carbocycles. The van der Waals surface area contributed by atoms with E-state index in [4.69, 9.17) is 4.74 Å². The average Bonchev–Trinajstić information content (AvgIpc) is 2.09. The van der Waals surface area contributed by atoms with Gasteiger partial charge < -0.3 is 9.64 Å². The van der Waals surface area contributed by atoms with Gasteiger partial charge in [0.05, 0.1) is 0 Å². The van der Waals surface area contributed by atoms with E-state index in [-0.39, 0.29) is 16.0 Å². The molecule has 0 amide bonds. The Morgan fingerprint density at radius 3 is 2.79 bits per heavy atom. The fourth-order valence-corrected chi connectivity index (χ4v) is 1.90. The minimum Gasteiger partial charge on any atom is -0.461 e. The van der Waals surface area contributed by atoms with Crippen molar-refractivity contribution in [3.63, 3.8) is 0 Å². The lowest BCUT2D eigenvalue weighted by Gasteiger charge is -2.34. The van der Waals surface area contributed by atoms with Crippen LogP contribution in [0.2, 0.25) is 0 Å². The fourth-order valence-electron chi connectivity index (χ4n) is 1.75. The van der Waals surface area contributed by atoms with E-state index in [0.29, 0.717) is 5.92 Å². The Labute approximate surface area is 99.3 Å². The summed E-state index contributed by atoms with van der Waals surface area (Å²) in [5.74, 6) is 0.375. The molecule has 0 bridgehead atoms. The summed E-state index contributed by atoms with van der Waals surface area (Å²) in [5, 5.41) is 0. The lowest BCUT2D eigenvalue weighted by atomic mass is 9.97. The van der Waals surface area contributed by atoms with Gasteiger partial charge in [0.25, 0.3) is 0 Å². The molecule has 0 aromatic rings. The number of ether oxygens (including phenoxy) is 1. The number of likely N-dealkylation sites (tertiary alicyclic amines) is 1. The molecule has 14 heavy (non-hydrogen) atoms. The maximum absolute atomic E-state index is 11.4. The third-order valence-electron chi connectivity index (χ3n) is 2.62. The smallest absolute Gasteiger partial charge is 0.318 e. The highest BCUT2D eigenvalue weighted by Gasteiger charge is 2.28. The summed E-state index contributed by atoms with van der Waals surface area (Å²) in [6, 6.07) is 0. The molecule has 0 aliphatic carbocycles. The molecule has 3 atom stereocenters. The van der Waals surface area contributed by atoms with Gasteiger partial charge >= 0.3 is 5.97 Å². The van der Waals surface area contributed by atoms with E-state index in [9.17, 15) is 4.79 Å². The van der Waals surface area contributed by atoms with Crippen LogP contribution in [0.4, 0.5) is 0 Å². The predicted molar refractivity (Wildman–Crippen MR) is 64.6 cm³/mol. The minimum atomic E-state index is -0.0768. The Bertz CT molecular complexity index is 208. The van der Waals surface area contributed by atoms with Crippen molar-refractivity contribution in [3.8, 4) is 0 Å². The third kappa shape index (κ3) is 3.38. The highest BCUT2D eigenvalue weighted by Crippen LogP contribution is 2.20. The average molecular weight is 311 g/mol. The van der Waals surface area contributed by atoms with E-state index in [1.165, 1.54) is 0 Å². The molecule has 0 radical (unpaired) electrons. The molecule has 3 nitrogen and oxygen atoms in total. The van der Waals surface area contributed by atoms with E-state index < -0.39 is 0 Å². The molecule has 0 spiro atoms. The number of hydrogen-bond donors (Lipinski definition) is 0. The first-order chi connectivity index (χ1) is 6.50. The van der Waals surface area contributed by atoms with Gasteiger partial charge in [0, 0.05) is 19.0 Å². The monoisotopic (exact) mass is 311 g/mol. The Hall–Kier alpha value is 0.160. The van der Waals surface area contributed by atoms with Crippen LogP contribution in [0.15, 0.2) is 0 Å². The van der Waals surface area contributed by atoms with Gasteiger partial charge in [-0.2, -0.15) is 0 Å². The summed E-state index contributed by atoms with van der Waals surface area (Å²) in [5.41, 5.74) is 0. The van der Waals surface area contributed by atoms with Crippen LogP contribution >= 0.6 is 22.6 Å². The summed E-state index contributed by atoms with van der Waals surface area (Å²) >= 11 is 2.09. The topological polar surface area (TPSA) is 29.5 Å². The van der Waals surface area contributed by atoms with Crippen LogP contribution in [0.1, 0.15) is 20.3 Å². The number of alkyl halides is 1. The summed E-state index contributed by atoms with van der Waals surface area (Å²) in [6.07, 6.45) is 1.09. The van der Waals surface area contributed by atoms with Gasteiger partial charge in [0.2, 0.25) is 0 Å². The van der Waals surface area contributed by atoms with E-state index in [2.05, 4.69) is 41.5 Å². The Balaban J connectivity index is 2.41. The van der Waals surface area contributed by atoms with Crippen molar-refractivity contribution in [2.24, 2.45) is 5.92 Å². The highest BCUT2D eigenvalue weighted by molar-refractivity contribution is 14.1. The van der Waals surface area contributed by atoms with Gasteiger partial charge in [-0.25, -0.2) is 0 Å². The Morgan fingerprint density at radius 2 is 2.29 bits per heavy atom. The maximum atomic E-state index is 11.4. The number of hydrogen-bond acceptors (Lipinski definition) is 3. The molecule has 1 aliphatic rings. The zero-order valence-corrected chi connectivity index (χ0v) is 11.2. The predicted octanol–water partition coefficient (Wildman–Crippen LogP) is 1.69. The zero-order valence-electron chi connectivity index (χ0n) is 9.00. The summed E-state index contributed by atoms with van der Waals surface area (Å²) < 4.78 is 5.40. The van der Waals surface area contributed by atoms with E-state index in [1.54, 1.807) is 0 Å². The molecule has 3 unspecified atom stereocenters. The van der Waals surface area contributed by atoms with Crippen molar-refractivity contribution in [1.82, 2.24) is 4.90 Å². The van der Waals surface area contributed by atoms with Gasteiger partial charge in [-0.1, -0.05) is 29.5 Å². The molecule has 1 fully saturated rings. The first kappa shape index (κ1) is 12.2. The van der Waals surface area contributed by atoms with Crippen molar-refractivity contribution in [2.45, 2.75) is 30.3 Å². The van der Waals surface area contributed by atoms with Gasteiger partial charge in [-0.15, -0.1) is 0 Å². The van der Waals surface area contributed by atoms with Crippen molar-refractivity contribution in [2.75, 3.05) is 20.1 Å². The molecule has 82 valence electrons. The molecule has 4 heteroatoms. The number of nitrogens with zero attached hydrogens (tertiary/aromatic N) is 1. The van der Waals surface area contributed by atoms with Gasteiger partial charge in [-0.3, -0.25) is 4.79 Å². The molecule has 1 saturated heterocycles. The standard InChI is InChI=1S/C10H18INO2/c1-7-6-12(3)5-4-9(7)14-10(13)8(2)11/h7-9H,4-6H2,1-3H3. The third-order valence-corrected chi connectivity index (χ3v) is 3.13. The number of esters is 1. The van der Waals surface area contributed by atoms with Crippen LogP contribution < -0.4 is 0 Å². The van der Waals surface area contributed by atoms with E-state index in [0.717, 1.165) is 19.5 Å². The van der Waals surface area contributed by atoms with Gasteiger partial charge in [-0.05, 0) is 20.4 Å². The summed E-state index contributed by atoms with van der Waals surface area (Å²) in [7, 11) is 2.11. The first-order valence-corrected chi connectivity index (χ1v) is 6.28. The molecule has 1 rings (SSSR count). The lowest BCUT2D eigenvalue weighted by Crippen LogP contribution is -2.42. The number of piperidine rings is 1. The van der Waals surface area contributed by atoms with Crippen LogP contribution in [-0.4, -0.2) is 41.0 Å². The SMILES string of the molecule is CC(I)C(=O)OC1CCN(C)CC1C. The van der Waals surface area contributed by atoms with Gasteiger partial charge in [0.15, 0.2) is 0 Å². The highest BCUT2D eigenvalue weighted by atomic mass is 127. The molecule has 1 heterocycles. The largest absolute Gasteiger partial charge is 0.461 e. The fraction of sp³-hybridized carbons (Fsp3) is 0.900. The maximum Gasteiger partial charge on any atom is 0.318 e. The van der Waals surface area contributed by atoms with Crippen molar-refractivity contribution in [1.29, 1.82) is 0 Å². The first-order valence-electron chi connectivity index (χ1n) is 5.04. The Morgan fingerprint density at radius 1 is 1.64 bits per heavy atom. The zero-order chi connectivity index (χ0) is 10.7. The second-order valence-electron chi connectivity index (χ2n) is 4.12. The van der Waals surface area contributed by atoms with Crippen molar-refractivity contribution >= 4 is 28.6 Å². The second-order valence-corrected chi connectivity index (χ2v) is 5.99. The number of carbonyl (C=O) groups is 1.